The van der Waals surface area contributed by atoms with Gasteiger partial charge in [0.25, 0.3) is 0 Å². The van der Waals surface area contributed by atoms with Gasteiger partial charge in [-0.1, -0.05) is 28.1 Å². The lowest BCUT2D eigenvalue weighted by molar-refractivity contribution is -0.124. The van der Waals surface area contributed by atoms with E-state index in [9.17, 15) is 4.79 Å². The quantitative estimate of drug-likeness (QED) is 0.752. The van der Waals surface area contributed by atoms with E-state index in [1.54, 1.807) is 7.11 Å². The molecule has 5 nitrogen and oxygen atoms in total. The van der Waals surface area contributed by atoms with Crippen LogP contribution < -0.4 is 11.1 Å². The van der Waals surface area contributed by atoms with E-state index < -0.39 is 0 Å². The molecule has 0 radical (unpaired) electrons. The number of rotatable bonds is 7. The molecule has 0 bridgehead atoms. The number of thiazole rings is 1. The van der Waals surface area contributed by atoms with E-state index in [4.69, 9.17) is 10.5 Å². The molecule has 124 valence electrons. The van der Waals surface area contributed by atoms with Crippen molar-refractivity contribution in [3.63, 3.8) is 0 Å². The summed E-state index contributed by atoms with van der Waals surface area (Å²) in [5.74, 6) is -0.0878. The molecule has 0 saturated heterocycles. The molecule has 0 aliphatic heterocycles. The highest BCUT2D eigenvalue weighted by molar-refractivity contribution is 9.10. The number of aromatic nitrogens is 1. The Morgan fingerprint density at radius 3 is 2.74 bits per heavy atom. The second kappa shape index (κ2) is 8.54. The normalized spacial score (nSPS) is 13.6. The zero-order valence-corrected chi connectivity index (χ0v) is 15.5. The number of ether oxygens (including phenoxy) is 1. The average molecular weight is 398 g/mol. The van der Waals surface area contributed by atoms with Gasteiger partial charge in [-0.2, -0.15) is 0 Å². The molecule has 1 aromatic carbocycles. The summed E-state index contributed by atoms with van der Waals surface area (Å²) in [6.07, 6.45) is -0.000677. The van der Waals surface area contributed by atoms with Gasteiger partial charge in [0.2, 0.25) is 5.91 Å². The number of carbonyl (C=O) groups excluding carboxylic acids is 1. The van der Waals surface area contributed by atoms with Gasteiger partial charge in [-0.15, -0.1) is 11.3 Å². The average Bonchev–Trinajstić information content (AvgIpc) is 3.03. The van der Waals surface area contributed by atoms with Crippen LogP contribution in [0.4, 0.5) is 0 Å². The smallest absolute Gasteiger partial charge is 0.223 e. The van der Waals surface area contributed by atoms with Crippen LogP contribution in [0.5, 0.6) is 0 Å². The van der Waals surface area contributed by atoms with Gasteiger partial charge in [0, 0.05) is 29.1 Å². The summed E-state index contributed by atoms with van der Waals surface area (Å²) in [7, 11) is 1.56. The van der Waals surface area contributed by atoms with E-state index in [1.807, 2.05) is 36.6 Å². The van der Waals surface area contributed by atoms with Crippen molar-refractivity contribution in [2.75, 3.05) is 13.7 Å². The van der Waals surface area contributed by atoms with Gasteiger partial charge in [0.05, 0.1) is 24.3 Å². The molecular formula is C16H20BrN3O2S. The zero-order valence-electron chi connectivity index (χ0n) is 13.1. The Hall–Kier alpha value is -1.28. The van der Waals surface area contributed by atoms with Crippen molar-refractivity contribution in [2.45, 2.75) is 25.5 Å². The predicted octanol–water partition coefficient (Wildman–Crippen LogP) is 3.11. The highest BCUT2D eigenvalue weighted by atomic mass is 79.9. The van der Waals surface area contributed by atoms with Crippen LogP contribution in [-0.2, 0) is 9.53 Å². The molecule has 2 aromatic rings. The summed E-state index contributed by atoms with van der Waals surface area (Å²) in [6.45, 7) is 2.25. The third-order valence-electron chi connectivity index (χ3n) is 3.42. The van der Waals surface area contributed by atoms with E-state index in [0.717, 1.165) is 20.7 Å². The summed E-state index contributed by atoms with van der Waals surface area (Å²) in [6, 6.07) is 7.84. The maximum Gasteiger partial charge on any atom is 0.223 e. The van der Waals surface area contributed by atoms with Gasteiger partial charge in [0.15, 0.2) is 0 Å². The maximum atomic E-state index is 12.0. The molecule has 7 heteroatoms. The van der Waals surface area contributed by atoms with Crippen LogP contribution in [0.3, 0.4) is 0 Å². The Balaban J connectivity index is 1.99. The molecule has 2 unspecified atom stereocenters. The van der Waals surface area contributed by atoms with Gasteiger partial charge >= 0.3 is 0 Å². The molecule has 23 heavy (non-hydrogen) atoms. The zero-order chi connectivity index (χ0) is 16.8. The highest BCUT2D eigenvalue weighted by Gasteiger charge is 2.17. The molecule has 1 amide bonds. The van der Waals surface area contributed by atoms with Crippen LogP contribution in [0, 0.1) is 0 Å². The first kappa shape index (κ1) is 18.1. The van der Waals surface area contributed by atoms with E-state index in [2.05, 4.69) is 26.2 Å². The van der Waals surface area contributed by atoms with Gasteiger partial charge in [-0.05, 0) is 19.1 Å². The number of halogens is 1. The van der Waals surface area contributed by atoms with E-state index in [0.29, 0.717) is 6.54 Å². The number of nitrogens with one attached hydrogen (secondary N) is 1. The summed E-state index contributed by atoms with van der Waals surface area (Å²) in [5.41, 5.74) is 7.50. The largest absolute Gasteiger partial charge is 0.380 e. The van der Waals surface area contributed by atoms with Crippen molar-refractivity contribution in [3.05, 3.63) is 39.1 Å². The molecule has 2 atom stereocenters. The summed E-state index contributed by atoms with van der Waals surface area (Å²) in [4.78, 5) is 16.6. The van der Waals surface area contributed by atoms with Crippen LogP contribution in [0.2, 0.25) is 0 Å². The Bertz CT molecular complexity index is 641. The van der Waals surface area contributed by atoms with Gasteiger partial charge in [-0.25, -0.2) is 4.98 Å². The topological polar surface area (TPSA) is 77.2 Å². The van der Waals surface area contributed by atoms with Crippen molar-refractivity contribution in [2.24, 2.45) is 5.73 Å². The Labute approximate surface area is 148 Å². The molecule has 3 N–H and O–H groups in total. The minimum absolute atomic E-state index is 0.0878. The number of methoxy groups -OCH3 is 1. The number of carbonyl (C=O) groups is 1. The molecule has 0 fully saturated rings. The van der Waals surface area contributed by atoms with Crippen LogP contribution in [0.25, 0.3) is 11.3 Å². The minimum Gasteiger partial charge on any atom is -0.380 e. The maximum absolute atomic E-state index is 12.0. The number of nitrogens with two attached hydrogens (primary N) is 1. The molecule has 2 rings (SSSR count). The Morgan fingerprint density at radius 2 is 2.13 bits per heavy atom. The SMILES string of the molecule is COC(CN)CC(=O)NC(C)c1nc(-c2ccc(Br)cc2)cs1. The summed E-state index contributed by atoms with van der Waals surface area (Å²) in [5, 5.41) is 5.81. The first-order valence-corrected chi connectivity index (χ1v) is 8.94. The van der Waals surface area contributed by atoms with Gasteiger partial charge in [0.1, 0.15) is 5.01 Å². The number of hydrogen-bond acceptors (Lipinski definition) is 5. The molecule has 0 spiro atoms. The number of amides is 1. The van der Waals surface area contributed by atoms with Gasteiger partial charge < -0.3 is 15.8 Å². The molecule has 0 aliphatic rings. The predicted molar refractivity (Wildman–Crippen MR) is 96.3 cm³/mol. The third-order valence-corrected chi connectivity index (χ3v) is 4.98. The fourth-order valence-corrected chi connectivity index (χ4v) is 3.17. The minimum atomic E-state index is -0.253. The monoisotopic (exact) mass is 397 g/mol. The number of hydrogen-bond donors (Lipinski definition) is 2. The van der Waals surface area contributed by atoms with Gasteiger partial charge in [-0.3, -0.25) is 4.79 Å². The molecular weight excluding hydrogens is 378 g/mol. The van der Waals surface area contributed by atoms with Crippen LogP contribution in [-0.4, -0.2) is 30.6 Å². The molecule has 0 saturated carbocycles. The number of benzene rings is 1. The standard InChI is InChI=1S/C16H20BrN3O2S/c1-10(19-15(21)7-13(8-18)22-2)16-20-14(9-23-16)11-3-5-12(17)6-4-11/h3-6,9-10,13H,7-8,18H2,1-2H3,(H,19,21). The van der Waals surface area contributed by atoms with Crippen molar-refractivity contribution in [3.8, 4) is 11.3 Å². The van der Waals surface area contributed by atoms with Crippen LogP contribution >= 0.6 is 27.3 Å². The third kappa shape index (κ3) is 5.10. The van der Waals surface area contributed by atoms with Crippen LogP contribution in [0.15, 0.2) is 34.1 Å². The second-order valence-corrected chi connectivity index (χ2v) is 6.97. The van der Waals surface area contributed by atoms with E-state index >= 15 is 0 Å². The Morgan fingerprint density at radius 1 is 1.43 bits per heavy atom. The van der Waals surface area contributed by atoms with Crippen molar-refractivity contribution < 1.29 is 9.53 Å². The first-order chi connectivity index (χ1) is 11.0. The van der Waals surface area contributed by atoms with Crippen molar-refractivity contribution in [1.29, 1.82) is 0 Å². The molecule has 1 aromatic heterocycles. The summed E-state index contributed by atoms with van der Waals surface area (Å²) >= 11 is 4.96. The molecule has 0 aliphatic carbocycles. The van der Waals surface area contributed by atoms with E-state index in [1.165, 1.54) is 11.3 Å². The fourth-order valence-electron chi connectivity index (χ4n) is 2.07. The highest BCUT2D eigenvalue weighted by Crippen LogP contribution is 2.26. The lowest BCUT2D eigenvalue weighted by Crippen LogP contribution is -2.33. The molecule has 1 heterocycles. The van der Waals surface area contributed by atoms with Crippen molar-refractivity contribution in [1.82, 2.24) is 10.3 Å². The second-order valence-electron chi connectivity index (χ2n) is 5.16. The number of nitrogens with zero attached hydrogens (tertiary/aromatic N) is 1. The Kier molecular flexibility index (Phi) is 6.71. The van der Waals surface area contributed by atoms with Crippen molar-refractivity contribution >= 4 is 33.2 Å². The fraction of sp³-hybridized carbons (Fsp3) is 0.375. The lowest BCUT2D eigenvalue weighted by Gasteiger charge is -2.15. The van der Waals surface area contributed by atoms with Crippen LogP contribution in [0.1, 0.15) is 24.4 Å². The first-order valence-electron chi connectivity index (χ1n) is 7.27. The lowest BCUT2D eigenvalue weighted by atomic mass is 10.2. The van der Waals surface area contributed by atoms with E-state index in [-0.39, 0.29) is 24.5 Å². The summed E-state index contributed by atoms with van der Waals surface area (Å²) < 4.78 is 6.16.